The molecule has 1 aromatic heterocycles. The second-order valence-electron chi connectivity index (χ2n) is 7.62. The molecule has 3 rings (SSSR count). The lowest BCUT2D eigenvalue weighted by Crippen LogP contribution is -2.54. The molecule has 0 bridgehead atoms. The average molecular weight is 399 g/mol. The van der Waals surface area contributed by atoms with Crippen molar-refractivity contribution in [1.29, 1.82) is 0 Å². The van der Waals surface area contributed by atoms with E-state index in [4.69, 9.17) is 0 Å². The zero-order valence-electron chi connectivity index (χ0n) is 16.9. The van der Waals surface area contributed by atoms with Crippen LogP contribution in [0.15, 0.2) is 41.8 Å². The van der Waals surface area contributed by atoms with E-state index < -0.39 is 5.41 Å². The minimum atomic E-state index is -0.564. The minimum Gasteiger partial charge on any atom is -0.356 e. The van der Waals surface area contributed by atoms with E-state index in [1.165, 1.54) is 16.0 Å². The summed E-state index contributed by atoms with van der Waals surface area (Å²) in [6.07, 6.45) is 3.73. The lowest BCUT2D eigenvalue weighted by Gasteiger charge is -2.42. The van der Waals surface area contributed by atoms with Gasteiger partial charge in [-0.2, -0.15) is 0 Å². The number of likely N-dealkylation sites (tertiary alicyclic amines) is 1. The molecular formula is C23H30N2O2S. The summed E-state index contributed by atoms with van der Waals surface area (Å²) in [7, 11) is 0. The summed E-state index contributed by atoms with van der Waals surface area (Å²) in [5, 5.41) is 5.13. The fraction of sp³-hybridized carbons (Fsp3) is 0.478. The third kappa shape index (κ3) is 4.46. The Bertz CT molecular complexity index is 803. The van der Waals surface area contributed by atoms with Crippen LogP contribution >= 0.6 is 11.3 Å². The van der Waals surface area contributed by atoms with Gasteiger partial charge in [-0.15, -0.1) is 11.3 Å². The maximum absolute atomic E-state index is 13.2. The third-order valence-corrected chi connectivity index (χ3v) is 6.45. The molecule has 4 nitrogen and oxygen atoms in total. The van der Waals surface area contributed by atoms with Crippen LogP contribution < -0.4 is 5.32 Å². The van der Waals surface area contributed by atoms with Crippen LogP contribution in [0.4, 0.5) is 0 Å². The molecule has 1 N–H and O–H groups in total. The molecular weight excluding hydrogens is 368 g/mol. The Labute approximate surface area is 172 Å². The van der Waals surface area contributed by atoms with E-state index in [9.17, 15) is 9.59 Å². The number of carbonyl (C=O) groups excluding carboxylic acids is 2. The van der Waals surface area contributed by atoms with Crippen LogP contribution in [0.1, 0.15) is 45.1 Å². The highest BCUT2D eigenvalue weighted by molar-refractivity contribution is 7.13. The van der Waals surface area contributed by atoms with Crippen LogP contribution in [0.3, 0.4) is 0 Å². The van der Waals surface area contributed by atoms with Crippen LogP contribution in [-0.4, -0.2) is 36.3 Å². The first-order chi connectivity index (χ1) is 13.6. The zero-order chi connectivity index (χ0) is 20.0. The molecule has 0 saturated carbocycles. The number of benzene rings is 1. The smallest absolute Gasteiger partial charge is 0.228 e. The fourth-order valence-corrected chi connectivity index (χ4v) is 4.97. The van der Waals surface area contributed by atoms with Crippen LogP contribution in [-0.2, 0) is 16.0 Å². The normalized spacial score (nSPS) is 19.4. The van der Waals surface area contributed by atoms with E-state index in [0.717, 1.165) is 25.8 Å². The van der Waals surface area contributed by atoms with Crippen molar-refractivity contribution in [2.75, 3.05) is 19.6 Å². The molecule has 1 aliphatic heterocycles. The molecule has 150 valence electrons. The van der Waals surface area contributed by atoms with Crippen molar-refractivity contribution < 1.29 is 9.59 Å². The zero-order valence-corrected chi connectivity index (χ0v) is 17.7. The Morgan fingerprint density at radius 2 is 2.00 bits per heavy atom. The highest BCUT2D eigenvalue weighted by atomic mass is 32.1. The minimum absolute atomic E-state index is 0.0741. The van der Waals surface area contributed by atoms with E-state index in [1.807, 2.05) is 24.8 Å². The Balaban J connectivity index is 1.94. The topological polar surface area (TPSA) is 49.4 Å². The Morgan fingerprint density at radius 1 is 1.18 bits per heavy atom. The lowest BCUT2D eigenvalue weighted by atomic mass is 9.73. The van der Waals surface area contributed by atoms with Crippen molar-refractivity contribution in [2.45, 2.75) is 46.0 Å². The predicted molar refractivity (Wildman–Crippen MR) is 115 cm³/mol. The predicted octanol–water partition coefficient (Wildman–Crippen LogP) is 4.50. The fourth-order valence-electron chi connectivity index (χ4n) is 4.19. The monoisotopic (exact) mass is 398 g/mol. The van der Waals surface area contributed by atoms with Crippen molar-refractivity contribution in [3.63, 3.8) is 0 Å². The molecule has 2 aromatic rings. The highest BCUT2D eigenvalue weighted by Crippen LogP contribution is 2.38. The van der Waals surface area contributed by atoms with E-state index in [0.29, 0.717) is 25.9 Å². The van der Waals surface area contributed by atoms with Gasteiger partial charge in [-0.05, 0) is 55.2 Å². The summed E-state index contributed by atoms with van der Waals surface area (Å²) in [5.41, 5.74) is 1.81. The first kappa shape index (κ1) is 20.6. The number of rotatable bonds is 7. The number of piperidine rings is 1. The van der Waals surface area contributed by atoms with Gasteiger partial charge in [0.05, 0.1) is 5.41 Å². The van der Waals surface area contributed by atoms with Gasteiger partial charge in [0.2, 0.25) is 11.8 Å². The Hall–Kier alpha value is -2.14. The average Bonchev–Trinajstić information content (AvgIpc) is 3.23. The lowest BCUT2D eigenvalue weighted by molar-refractivity contribution is -0.141. The first-order valence-corrected chi connectivity index (χ1v) is 11.2. The second kappa shape index (κ2) is 9.37. The highest BCUT2D eigenvalue weighted by Gasteiger charge is 2.43. The summed E-state index contributed by atoms with van der Waals surface area (Å²) in [6.45, 7) is 5.85. The van der Waals surface area contributed by atoms with E-state index in [-0.39, 0.29) is 11.8 Å². The van der Waals surface area contributed by atoms with Gasteiger partial charge in [0.15, 0.2) is 0 Å². The SMILES string of the molecule is CCCC(=O)N1CCC[C@@](Cc2ccccc2-c2cccs2)(C(=O)NCC)C1. The molecule has 0 aliphatic carbocycles. The molecule has 1 fully saturated rings. The maximum Gasteiger partial charge on any atom is 0.228 e. The molecule has 1 aliphatic rings. The molecule has 1 atom stereocenters. The van der Waals surface area contributed by atoms with Gasteiger partial charge >= 0.3 is 0 Å². The molecule has 5 heteroatoms. The van der Waals surface area contributed by atoms with Gasteiger partial charge in [0, 0.05) is 30.9 Å². The van der Waals surface area contributed by atoms with Gasteiger partial charge in [-0.1, -0.05) is 37.3 Å². The molecule has 1 aromatic carbocycles. The second-order valence-corrected chi connectivity index (χ2v) is 8.57. The summed E-state index contributed by atoms with van der Waals surface area (Å²) < 4.78 is 0. The number of carbonyl (C=O) groups is 2. The van der Waals surface area contributed by atoms with E-state index in [1.54, 1.807) is 11.3 Å². The van der Waals surface area contributed by atoms with Gasteiger partial charge in [-0.25, -0.2) is 0 Å². The van der Waals surface area contributed by atoms with Gasteiger partial charge < -0.3 is 10.2 Å². The quantitative estimate of drug-likeness (QED) is 0.746. The number of nitrogens with one attached hydrogen (secondary N) is 1. The van der Waals surface area contributed by atoms with Crippen molar-refractivity contribution in [3.8, 4) is 10.4 Å². The summed E-state index contributed by atoms with van der Waals surface area (Å²) in [4.78, 5) is 28.9. The van der Waals surface area contributed by atoms with Crippen LogP contribution in [0.2, 0.25) is 0 Å². The number of hydrogen-bond acceptors (Lipinski definition) is 3. The molecule has 2 amide bonds. The van der Waals surface area contributed by atoms with Crippen molar-refractivity contribution in [1.82, 2.24) is 10.2 Å². The summed E-state index contributed by atoms with van der Waals surface area (Å²) in [5.74, 6) is 0.243. The molecule has 0 spiro atoms. The Morgan fingerprint density at radius 3 is 2.71 bits per heavy atom. The van der Waals surface area contributed by atoms with E-state index in [2.05, 4.69) is 41.0 Å². The standard InChI is InChI=1S/C23H30N2O2S/c1-3-9-21(26)25-14-8-13-23(17-25,22(27)24-4-2)16-18-10-5-6-11-19(18)20-12-7-15-28-20/h5-7,10-12,15H,3-4,8-9,13-14,16-17H2,1-2H3,(H,24,27)/t23-/m0/s1. The first-order valence-electron chi connectivity index (χ1n) is 10.3. The molecule has 28 heavy (non-hydrogen) atoms. The molecule has 1 saturated heterocycles. The maximum atomic E-state index is 13.2. The van der Waals surface area contributed by atoms with Crippen LogP contribution in [0.5, 0.6) is 0 Å². The van der Waals surface area contributed by atoms with Crippen LogP contribution in [0, 0.1) is 5.41 Å². The van der Waals surface area contributed by atoms with Gasteiger partial charge in [0.1, 0.15) is 0 Å². The molecule has 0 radical (unpaired) electrons. The molecule has 0 unspecified atom stereocenters. The Kier molecular flexibility index (Phi) is 6.89. The number of amides is 2. The van der Waals surface area contributed by atoms with Crippen molar-refractivity contribution >= 4 is 23.2 Å². The third-order valence-electron chi connectivity index (χ3n) is 5.55. The van der Waals surface area contributed by atoms with Gasteiger partial charge in [0.25, 0.3) is 0 Å². The summed E-state index contributed by atoms with van der Waals surface area (Å²) in [6, 6.07) is 12.5. The summed E-state index contributed by atoms with van der Waals surface area (Å²) >= 11 is 1.72. The van der Waals surface area contributed by atoms with Crippen molar-refractivity contribution in [3.05, 3.63) is 47.3 Å². The van der Waals surface area contributed by atoms with Crippen molar-refractivity contribution in [2.24, 2.45) is 5.41 Å². The number of hydrogen-bond donors (Lipinski definition) is 1. The number of nitrogens with zero attached hydrogens (tertiary/aromatic N) is 1. The molecule has 2 heterocycles. The van der Waals surface area contributed by atoms with E-state index >= 15 is 0 Å². The number of thiophene rings is 1. The van der Waals surface area contributed by atoms with Crippen LogP contribution in [0.25, 0.3) is 10.4 Å². The van der Waals surface area contributed by atoms with Gasteiger partial charge in [-0.3, -0.25) is 9.59 Å². The largest absolute Gasteiger partial charge is 0.356 e.